The molecule has 0 aliphatic rings. The molecule has 0 aromatic heterocycles. The first-order valence-corrected chi connectivity index (χ1v) is 5.59. The number of benzene rings is 1. The second-order valence-electron chi connectivity index (χ2n) is 3.39. The van der Waals surface area contributed by atoms with E-state index in [1.165, 1.54) is 12.1 Å². The molecule has 0 saturated heterocycles. The molecule has 0 bridgehead atoms. The van der Waals surface area contributed by atoms with Gasteiger partial charge in [-0.3, -0.25) is 0 Å². The van der Waals surface area contributed by atoms with E-state index in [-0.39, 0.29) is 33.2 Å². The minimum absolute atomic E-state index is 0. The number of aromatic hydroxyl groups is 1. The Morgan fingerprint density at radius 3 is 1.37 bits per heavy atom. The smallest absolute Gasteiger partial charge is 0.870 e. The van der Waals surface area contributed by atoms with Crippen molar-refractivity contribution in [2.45, 2.75) is 0 Å². The van der Waals surface area contributed by atoms with Crippen LogP contribution in [0.3, 0.4) is 0 Å². The molecule has 3 aromatic rings. The zero-order valence-corrected chi connectivity index (χ0v) is 12.0. The summed E-state index contributed by atoms with van der Waals surface area (Å²) in [5, 5.41) is 19.0. The van der Waals surface area contributed by atoms with Gasteiger partial charge in [-0.25, -0.2) is 24.3 Å². The van der Waals surface area contributed by atoms with Gasteiger partial charge in [0, 0.05) is 0 Å². The Hall–Kier alpha value is -1.77. The summed E-state index contributed by atoms with van der Waals surface area (Å²) in [6.45, 7) is 0. The monoisotopic (exact) mass is 287 g/mol. The maximum Gasteiger partial charge on any atom is 3.00 e. The van der Waals surface area contributed by atoms with Crippen LogP contribution in [0.5, 0.6) is 11.5 Å². The molecule has 95 valence electrons. The first kappa shape index (κ1) is 17.2. The molecular formula is C16H15O2Ti. The van der Waals surface area contributed by atoms with Gasteiger partial charge in [0.05, 0.1) is 0 Å². The van der Waals surface area contributed by atoms with Crippen molar-refractivity contribution < 1.29 is 31.9 Å². The largest absolute Gasteiger partial charge is 3.00 e. The minimum atomic E-state index is -0.326. The van der Waals surface area contributed by atoms with Gasteiger partial charge in [0.1, 0.15) is 5.75 Å². The molecule has 3 heteroatoms. The zero-order valence-electron chi connectivity index (χ0n) is 10.4. The van der Waals surface area contributed by atoms with E-state index < -0.39 is 0 Å². The van der Waals surface area contributed by atoms with Crippen molar-refractivity contribution in [3.05, 3.63) is 84.9 Å². The summed E-state index contributed by atoms with van der Waals surface area (Å²) in [5.41, 5.74) is 0. The fourth-order valence-corrected chi connectivity index (χ4v) is 1.10. The molecule has 2 nitrogen and oxygen atoms in total. The van der Waals surface area contributed by atoms with E-state index in [4.69, 9.17) is 5.11 Å². The average molecular weight is 287 g/mol. The molecule has 0 aliphatic heterocycles. The van der Waals surface area contributed by atoms with Crippen LogP contribution in [0.2, 0.25) is 0 Å². The predicted octanol–water partition coefficient (Wildman–Crippen LogP) is 3.27. The van der Waals surface area contributed by atoms with Gasteiger partial charge in [-0.05, 0) is 6.07 Å². The summed E-state index contributed by atoms with van der Waals surface area (Å²) >= 11 is 0. The van der Waals surface area contributed by atoms with E-state index in [9.17, 15) is 5.11 Å². The van der Waals surface area contributed by atoms with Gasteiger partial charge in [-0.15, -0.1) is 0 Å². The van der Waals surface area contributed by atoms with Crippen molar-refractivity contribution in [3.63, 3.8) is 0 Å². The minimum Gasteiger partial charge on any atom is -0.870 e. The fraction of sp³-hybridized carbons (Fsp3) is 0. The van der Waals surface area contributed by atoms with Crippen LogP contribution in [-0.4, -0.2) is 5.11 Å². The average Bonchev–Trinajstić information content (AvgIpc) is 3.11. The number of hydrogen-bond donors (Lipinski definition) is 1. The van der Waals surface area contributed by atoms with Crippen molar-refractivity contribution in [1.82, 2.24) is 0 Å². The van der Waals surface area contributed by atoms with E-state index in [1.54, 1.807) is 12.1 Å². The number of hydrogen-bond acceptors (Lipinski definition) is 2. The zero-order chi connectivity index (χ0) is 13.1. The van der Waals surface area contributed by atoms with E-state index in [2.05, 4.69) is 0 Å². The predicted molar refractivity (Wildman–Crippen MR) is 71.6 cm³/mol. The Bertz CT molecular complexity index is 406. The SMILES string of the molecule is [O-]c1ccccc1O.[Ti+3].c1cc[cH-]c1.c1cc[cH-]c1. The molecule has 1 radical (unpaired) electrons. The molecular weight excluding hydrogens is 272 g/mol. The Balaban J connectivity index is 0.000000259. The Labute approximate surface area is 128 Å². The van der Waals surface area contributed by atoms with Gasteiger partial charge in [0.2, 0.25) is 0 Å². The van der Waals surface area contributed by atoms with Gasteiger partial charge in [0.15, 0.2) is 0 Å². The quantitative estimate of drug-likeness (QED) is 0.509. The number of para-hydroxylation sites is 2. The van der Waals surface area contributed by atoms with Crippen LogP contribution in [0.4, 0.5) is 0 Å². The van der Waals surface area contributed by atoms with Crippen molar-refractivity contribution in [2.75, 3.05) is 0 Å². The third-order valence-electron chi connectivity index (χ3n) is 1.98. The Morgan fingerprint density at radius 2 is 1.16 bits per heavy atom. The first-order valence-electron chi connectivity index (χ1n) is 5.59. The maximum atomic E-state index is 10.4. The number of rotatable bonds is 0. The Morgan fingerprint density at radius 1 is 0.737 bits per heavy atom. The second kappa shape index (κ2) is 11.3. The molecule has 0 amide bonds. The summed E-state index contributed by atoms with van der Waals surface area (Å²) in [7, 11) is 0. The third kappa shape index (κ3) is 8.89. The van der Waals surface area contributed by atoms with E-state index in [0.717, 1.165) is 0 Å². The standard InChI is InChI=1S/C6H6O2.2C5H5.Ti/c7-5-3-1-2-4-6(5)8;2*1-2-4-5-3-1;/h1-4,7-8H;2*1-5H;/q;2*-1;+3/p-1. The van der Waals surface area contributed by atoms with Gasteiger partial charge >= 0.3 is 21.7 Å². The van der Waals surface area contributed by atoms with E-state index in [1.807, 2.05) is 60.7 Å². The summed E-state index contributed by atoms with van der Waals surface area (Å²) in [4.78, 5) is 0. The molecule has 0 aliphatic carbocycles. The van der Waals surface area contributed by atoms with Gasteiger partial charge in [-0.1, -0.05) is 23.9 Å². The maximum absolute atomic E-state index is 10.4. The molecule has 3 aromatic carbocycles. The van der Waals surface area contributed by atoms with Crippen molar-refractivity contribution in [2.24, 2.45) is 0 Å². The van der Waals surface area contributed by atoms with Crippen molar-refractivity contribution in [3.8, 4) is 11.5 Å². The van der Waals surface area contributed by atoms with Gasteiger partial charge in [-0.2, -0.15) is 36.4 Å². The van der Waals surface area contributed by atoms with Crippen LogP contribution in [0.25, 0.3) is 0 Å². The fourth-order valence-electron chi connectivity index (χ4n) is 1.10. The Kier molecular flexibility index (Phi) is 10.3. The third-order valence-corrected chi connectivity index (χ3v) is 1.98. The van der Waals surface area contributed by atoms with Crippen LogP contribution in [0.15, 0.2) is 84.9 Å². The summed E-state index contributed by atoms with van der Waals surface area (Å²) in [6.07, 6.45) is 0. The molecule has 0 heterocycles. The van der Waals surface area contributed by atoms with Crippen molar-refractivity contribution in [1.29, 1.82) is 0 Å². The molecule has 3 rings (SSSR count). The van der Waals surface area contributed by atoms with Crippen LogP contribution < -0.4 is 5.11 Å². The molecule has 0 saturated carbocycles. The summed E-state index contributed by atoms with van der Waals surface area (Å²) in [5.74, 6) is -0.514. The topological polar surface area (TPSA) is 43.3 Å². The van der Waals surface area contributed by atoms with Crippen LogP contribution >= 0.6 is 0 Å². The molecule has 19 heavy (non-hydrogen) atoms. The van der Waals surface area contributed by atoms with Gasteiger partial charge in [0.25, 0.3) is 0 Å². The van der Waals surface area contributed by atoms with Crippen molar-refractivity contribution >= 4 is 0 Å². The second-order valence-corrected chi connectivity index (χ2v) is 3.39. The molecule has 0 unspecified atom stereocenters. The molecule has 0 fully saturated rings. The van der Waals surface area contributed by atoms with Crippen LogP contribution in [0.1, 0.15) is 0 Å². The summed E-state index contributed by atoms with van der Waals surface area (Å²) in [6, 6.07) is 25.9. The van der Waals surface area contributed by atoms with Gasteiger partial charge < -0.3 is 10.2 Å². The normalized spacial score (nSPS) is 8.00. The van der Waals surface area contributed by atoms with E-state index >= 15 is 0 Å². The van der Waals surface area contributed by atoms with E-state index in [0.29, 0.717) is 0 Å². The number of phenolic OH excluding ortho intramolecular Hbond substituents is 1. The van der Waals surface area contributed by atoms with Crippen LogP contribution in [-0.2, 0) is 21.7 Å². The molecule has 0 atom stereocenters. The molecule has 0 spiro atoms. The first-order chi connectivity index (χ1) is 8.80. The van der Waals surface area contributed by atoms with Crippen LogP contribution in [0, 0.1) is 0 Å². The summed E-state index contributed by atoms with van der Waals surface area (Å²) < 4.78 is 0. The number of phenols is 1. The molecule has 1 N–H and O–H groups in total.